The summed E-state index contributed by atoms with van der Waals surface area (Å²) in [5.41, 5.74) is 1.84. The molecular weight excluding hydrogens is 250 g/mol. The Morgan fingerprint density at radius 2 is 2.15 bits per heavy atom. The van der Waals surface area contributed by atoms with Crippen molar-refractivity contribution >= 4 is 16.8 Å². The van der Waals surface area contributed by atoms with E-state index in [2.05, 4.69) is 10.3 Å². The van der Waals surface area contributed by atoms with Crippen molar-refractivity contribution in [2.75, 3.05) is 19.6 Å². The van der Waals surface area contributed by atoms with E-state index >= 15 is 0 Å². The second-order valence-electron chi connectivity index (χ2n) is 5.92. The summed E-state index contributed by atoms with van der Waals surface area (Å²) in [7, 11) is 0. The highest BCUT2D eigenvalue weighted by atomic mass is 16.2. The van der Waals surface area contributed by atoms with Gasteiger partial charge in [-0.05, 0) is 31.4 Å². The molecule has 3 heterocycles. The van der Waals surface area contributed by atoms with Crippen LogP contribution in [0.3, 0.4) is 0 Å². The van der Waals surface area contributed by atoms with Gasteiger partial charge in [0.15, 0.2) is 0 Å². The van der Waals surface area contributed by atoms with Gasteiger partial charge in [0.05, 0.1) is 5.56 Å². The highest BCUT2D eigenvalue weighted by Gasteiger charge is 2.37. The molecule has 1 aromatic heterocycles. The smallest absolute Gasteiger partial charge is 0.256 e. The van der Waals surface area contributed by atoms with E-state index in [9.17, 15) is 4.79 Å². The predicted molar refractivity (Wildman–Crippen MR) is 78.7 cm³/mol. The Morgan fingerprint density at radius 3 is 3.05 bits per heavy atom. The monoisotopic (exact) mass is 269 g/mol. The topological polar surface area (TPSA) is 48.1 Å². The molecule has 2 atom stereocenters. The lowest BCUT2D eigenvalue weighted by Crippen LogP contribution is -2.41. The molecule has 0 radical (unpaired) electrons. The Labute approximate surface area is 118 Å². The zero-order valence-corrected chi connectivity index (χ0v) is 11.4. The first-order valence-corrected chi connectivity index (χ1v) is 7.42. The number of fused-ring (bicyclic) bond motifs is 2. The number of carbonyl (C=O) groups excluding carboxylic acids is 1. The van der Waals surface area contributed by atoms with E-state index in [1.165, 1.54) is 12.8 Å². The van der Waals surface area contributed by atoms with Gasteiger partial charge >= 0.3 is 0 Å². The largest absolute Gasteiger partial charge is 0.360 e. The van der Waals surface area contributed by atoms with Gasteiger partial charge in [0.1, 0.15) is 0 Å². The molecule has 1 amide bonds. The summed E-state index contributed by atoms with van der Waals surface area (Å²) >= 11 is 0. The highest BCUT2D eigenvalue weighted by molar-refractivity contribution is 6.06. The van der Waals surface area contributed by atoms with Crippen LogP contribution in [0.1, 0.15) is 23.2 Å². The third kappa shape index (κ3) is 1.83. The van der Waals surface area contributed by atoms with Crippen LogP contribution in [0.2, 0.25) is 0 Å². The fraction of sp³-hybridized carbons (Fsp3) is 0.438. The zero-order valence-electron chi connectivity index (χ0n) is 11.4. The second-order valence-corrected chi connectivity index (χ2v) is 5.92. The van der Waals surface area contributed by atoms with Crippen molar-refractivity contribution in [2.24, 2.45) is 5.92 Å². The zero-order chi connectivity index (χ0) is 13.5. The van der Waals surface area contributed by atoms with Gasteiger partial charge in [-0.1, -0.05) is 18.2 Å². The number of nitrogens with one attached hydrogen (secondary N) is 2. The van der Waals surface area contributed by atoms with Gasteiger partial charge < -0.3 is 15.2 Å². The molecule has 2 aliphatic heterocycles. The number of amides is 1. The minimum Gasteiger partial charge on any atom is -0.360 e. The Hall–Kier alpha value is -1.81. The van der Waals surface area contributed by atoms with Crippen molar-refractivity contribution in [1.29, 1.82) is 0 Å². The summed E-state index contributed by atoms with van der Waals surface area (Å²) in [6.07, 6.45) is 4.33. The number of benzene rings is 1. The van der Waals surface area contributed by atoms with Gasteiger partial charge in [0.2, 0.25) is 0 Å². The van der Waals surface area contributed by atoms with Crippen molar-refractivity contribution in [2.45, 2.75) is 18.9 Å². The molecule has 4 heteroatoms. The van der Waals surface area contributed by atoms with E-state index in [1.54, 1.807) is 0 Å². The van der Waals surface area contributed by atoms with Gasteiger partial charge in [-0.2, -0.15) is 0 Å². The number of hydrogen-bond acceptors (Lipinski definition) is 2. The van der Waals surface area contributed by atoms with Crippen LogP contribution in [0.5, 0.6) is 0 Å². The van der Waals surface area contributed by atoms with Gasteiger partial charge in [0, 0.05) is 36.2 Å². The molecule has 0 bridgehead atoms. The molecule has 2 fully saturated rings. The standard InChI is InChI=1S/C16H19N3O/c20-16(13-8-18-14-6-2-1-5-12(13)14)19-9-11-4-3-7-17-15(11)10-19/h1-2,5-6,8,11,15,17-18H,3-4,7,9-10H2/t11-,15+/m0/s1. The number of carbonyl (C=O) groups is 1. The van der Waals surface area contributed by atoms with Crippen LogP contribution in [-0.4, -0.2) is 41.5 Å². The summed E-state index contributed by atoms with van der Waals surface area (Å²) in [6, 6.07) is 8.50. The number of H-pyrrole nitrogens is 1. The minimum atomic E-state index is 0.165. The van der Waals surface area contributed by atoms with Crippen LogP contribution >= 0.6 is 0 Å². The molecule has 104 valence electrons. The van der Waals surface area contributed by atoms with E-state index < -0.39 is 0 Å². The average Bonchev–Trinajstić information content (AvgIpc) is 3.10. The summed E-state index contributed by atoms with van der Waals surface area (Å²) in [5, 5.41) is 4.57. The Kier molecular flexibility index (Phi) is 2.77. The Bertz CT molecular complexity index is 634. The maximum Gasteiger partial charge on any atom is 0.256 e. The third-order valence-corrected chi connectivity index (χ3v) is 4.71. The van der Waals surface area contributed by atoms with Crippen LogP contribution in [0.15, 0.2) is 30.5 Å². The molecule has 2 aliphatic rings. The highest BCUT2D eigenvalue weighted by Crippen LogP contribution is 2.27. The van der Waals surface area contributed by atoms with Gasteiger partial charge in [-0.15, -0.1) is 0 Å². The van der Waals surface area contributed by atoms with E-state index in [1.807, 2.05) is 35.4 Å². The molecule has 2 N–H and O–H groups in total. The van der Waals surface area contributed by atoms with Crippen LogP contribution < -0.4 is 5.32 Å². The normalized spacial score (nSPS) is 25.9. The van der Waals surface area contributed by atoms with Gasteiger partial charge in [-0.25, -0.2) is 0 Å². The molecule has 1 aromatic carbocycles. The fourth-order valence-corrected chi connectivity index (χ4v) is 3.63. The van der Waals surface area contributed by atoms with Crippen LogP contribution in [0, 0.1) is 5.92 Å². The van der Waals surface area contributed by atoms with Crippen molar-refractivity contribution in [3.8, 4) is 0 Å². The molecule has 0 aliphatic carbocycles. The first-order chi connectivity index (χ1) is 9.83. The number of likely N-dealkylation sites (tertiary alicyclic amines) is 1. The van der Waals surface area contributed by atoms with Crippen LogP contribution in [0.25, 0.3) is 10.9 Å². The van der Waals surface area contributed by atoms with Crippen molar-refractivity contribution in [1.82, 2.24) is 15.2 Å². The summed E-state index contributed by atoms with van der Waals surface area (Å²) in [5.74, 6) is 0.802. The molecule has 0 spiro atoms. The van der Waals surface area contributed by atoms with Crippen LogP contribution in [-0.2, 0) is 0 Å². The Balaban J connectivity index is 1.61. The molecule has 4 nitrogen and oxygen atoms in total. The number of para-hydroxylation sites is 1. The number of aromatic nitrogens is 1. The SMILES string of the molecule is O=C(c1c[nH]c2ccccc12)N1C[C@@H]2CCCN[C@@H]2C1. The molecule has 20 heavy (non-hydrogen) atoms. The lowest BCUT2D eigenvalue weighted by Gasteiger charge is -2.24. The van der Waals surface area contributed by atoms with E-state index in [4.69, 9.17) is 0 Å². The summed E-state index contributed by atoms with van der Waals surface area (Å²) in [6.45, 7) is 2.84. The van der Waals surface area contributed by atoms with E-state index in [0.29, 0.717) is 12.0 Å². The molecular formula is C16H19N3O. The quantitative estimate of drug-likeness (QED) is 0.832. The average molecular weight is 269 g/mol. The summed E-state index contributed by atoms with van der Waals surface area (Å²) < 4.78 is 0. The minimum absolute atomic E-state index is 0.165. The molecule has 2 aromatic rings. The number of rotatable bonds is 1. The number of piperidine rings is 1. The fourth-order valence-electron chi connectivity index (χ4n) is 3.63. The summed E-state index contributed by atoms with van der Waals surface area (Å²) in [4.78, 5) is 18.0. The maximum atomic E-state index is 12.7. The molecule has 0 saturated carbocycles. The van der Waals surface area contributed by atoms with Crippen molar-refractivity contribution in [3.63, 3.8) is 0 Å². The van der Waals surface area contributed by atoms with Crippen molar-refractivity contribution < 1.29 is 4.79 Å². The Morgan fingerprint density at radius 1 is 1.25 bits per heavy atom. The first kappa shape index (κ1) is 12.0. The number of hydrogen-bond donors (Lipinski definition) is 2. The van der Waals surface area contributed by atoms with Crippen LogP contribution in [0.4, 0.5) is 0 Å². The lowest BCUT2D eigenvalue weighted by atomic mass is 9.94. The predicted octanol–water partition coefficient (Wildman–Crippen LogP) is 1.99. The third-order valence-electron chi connectivity index (χ3n) is 4.71. The number of aromatic amines is 1. The molecule has 2 saturated heterocycles. The van der Waals surface area contributed by atoms with Gasteiger partial charge in [-0.3, -0.25) is 4.79 Å². The number of nitrogens with zero attached hydrogens (tertiary/aromatic N) is 1. The van der Waals surface area contributed by atoms with E-state index in [-0.39, 0.29) is 5.91 Å². The van der Waals surface area contributed by atoms with E-state index in [0.717, 1.165) is 36.1 Å². The second kappa shape index (κ2) is 4.63. The van der Waals surface area contributed by atoms with Gasteiger partial charge in [0.25, 0.3) is 5.91 Å². The first-order valence-electron chi connectivity index (χ1n) is 7.42. The maximum absolute atomic E-state index is 12.7. The molecule has 4 rings (SSSR count). The molecule has 0 unspecified atom stereocenters. The van der Waals surface area contributed by atoms with Crippen molar-refractivity contribution in [3.05, 3.63) is 36.0 Å². The lowest BCUT2D eigenvalue weighted by molar-refractivity contribution is 0.0787.